The lowest BCUT2D eigenvalue weighted by atomic mass is 10.00. The van der Waals surface area contributed by atoms with Gasteiger partial charge in [-0.1, -0.05) is 6.92 Å². The van der Waals surface area contributed by atoms with Crippen LogP contribution in [-0.2, 0) is 6.42 Å². The highest BCUT2D eigenvalue weighted by atomic mass is 32.1. The molecule has 1 fully saturated rings. The third kappa shape index (κ3) is 2.95. The molecule has 3 nitrogen and oxygen atoms in total. The molecule has 0 bridgehead atoms. The standard InChI is InChI=1S/C12H21N3S/c1-9-3-5-15(6-4-9)12-14-11(8-16-12)7-10(2)13/h8-10H,3-7,13H2,1-2H3. The molecule has 0 aliphatic carbocycles. The maximum atomic E-state index is 5.78. The van der Waals surface area contributed by atoms with Crippen LogP contribution in [0.4, 0.5) is 5.13 Å². The average Bonchev–Trinajstić information content (AvgIpc) is 2.66. The van der Waals surface area contributed by atoms with Crippen LogP contribution in [0.15, 0.2) is 5.38 Å². The number of thiazole rings is 1. The number of nitrogens with zero attached hydrogens (tertiary/aromatic N) is 2. The molecule has 4 heteroatoms. The highest BCUT2D eigenvalue weighted by molar-refractivity contribution is 7.13. The number of piperidine rings is 1. The first-order valence-corrected chi connectivity index (χ1v) is 6.98. The van der Waals surface area contributed by atoms with Gasteiger partial charge in [0.25, 0.3) is 0 Å². The number of anilines is 1. The Morgan fingerprint density at radius 1 is 1.56 bits per heavy atom. The van der Waals surface area contributed by atoms with Crippen LogP contribution < -0.4 is 10.6 Å². The quantitative estimate of drug-likeness (QED) is 0.880. The lowest BCUT2D eigenvalue weighted by Gasteiger charge is -2.29. The van der Waals surface area contributed by atoms with E-state index in [1.807, 2.05) is 6.92 Å². The minimum Gasteiger partial charge on any atom is -0.348 e. The molecule has 16 heavy (non-hydrogen) atoms. The molecule has 0 radical (unpaired) electrons. The van der Waals surface area contributed by atoms with Crippen LogP contribution >= 0.6 is 11.3 Å². The van der Waals surface area contributed by atoms with Gasteiger partial charge in [-0.2, -0.15) is 0 Å². The van der Waals surface area contributed by atoms with E-state index in [0.29, 0.717) is 0 Å². The van der Waals surface area contributed by atoms with Gasteiger partial charge in [0, 0.05) is 30.9 Å². The van der Waals surface area contributed by atoms with Crippen molar-refractivity contribution in [2.24, 2.45) is 11.7 Å². The van der Waals surface area contributed by atoms with Gasteiger partial charge in [0.05, 0.1) is 5.69 Å². The molecule has 1 saturated heterocycles. The third-order valence-electron chi connectivity index (χ3n) is 3.12. The van der Waals surface area contributed by atoms with Crippen molar-refractivity contribution in [2.75, 3.05) is 18.0 Å². The van der Waals surface area contributed by atoms with Crippen LogP contribution in [0, 0.1) is 5.92 Å². The molecule has 1 aliphatic rings. The summed E-state index contributed by atoms with van der Waals surface area (Å²) in [5.74, 6) is 0.875. The molecule has 1 aliphatic heterocycles. The van der Waals surface area contributed by atoms with Gasteiger partial charge in [-0.05, 0) is 25.7 Å². The number of hydrogen-bond acceptors (Lipinski definition) is 4. The Morgan fingerprint density at radius 2 is 2.25 bits per heavy atom. The van der Waals surface area contributed by atoms with E-state index in [1.54, 1.807) is 11.3 Å². The molecule has 0 saturated carbocycles. The van der Waals surface area contributed by atoms with E-state index in [-0.39, 0.29) is 6.04 Å². The summed E-state index contributed by atoms with van der Waals surface area (Å²) in [4.78, 5) is 7.08. The lowest BCUT2D eigenvalue weighted by molar-refractivity contribution is 0.438. The molecular weight excluding hydrogens is 218 g/mol. The van der Waals surface area contributed by atoms with Crippen molar-refractivity contribution < 1.29 is 0 Å². The predicted molar refractivity (Wildman–Crippen MR) is 70.1 cm³/mol. The Labute approximate surface area is 102 Å². The summed E-state index contributed by atoms with van der Waals surface area (Å²) in [6, 6.07) is 0.205. The molecule has 2 rings (SSSR count). The number of nitrogens with two attached hydrogens (primary N) is 1. The van der Waals surface area contributed by atoms with Gasteiger partial charge >= 0.3 is 0 Å². The van der Waals surface area contributed by atoms with Gasteiger partial charge in [-0.15, -0.1) is 11.3 Å². The van der Waals surface area contributed by atoms with Gasteiger partial charge in [0.15, 0.2) is 5.13 Å². The van der Waals surface area contributed by atoms with Crippen LogP contribution in [0.1, 0.15) is 32.4 Å². The largest absolute Gasteiger partial charge is 0.348 e. The second kappa shape index (κ2) is 5.15. The SMILES string of the molecule is CC(N)Cc1csc(N2CCC(C)CC2)n1. The predicted octanol–water partition coefficient (Wildman–Crippen LogP) is 2.27. The third-order valence-corrected chi connectivity index (χ3v) is 4.08. The van der Waals surface area contributed by atoms with E-state index in [2.05, 4.69) is 22.2 Å². The Bertz CT molecular complexity index is 327. The van der Waals surface area contributed by atoms with E-state index in [4.69, 9.17) is 5.73 Å². The van der Waals surface area contributed by atoms with Crippen molar-refractivity contribution in [3.8, 4) is 0 Å². The van der Waals surface area contributed by atoms with E-state index in [0.717, 1.165) is 31.1 Å². The first-order chi connectivity index (χ1) is 7.65. The van der Waals surface area contributed by atoms with Crippen LogP contribution in [0.2, 0.25) is 0 Å². The molecule has 1 aromatic rings. The summed E-state index contributed by atoms with van der Waals surface area (Å²) in [5, 5.41) is 3.33. The maximum absolute atomic E-state index is 5.78. The smallest absolute Gasteiger partial charge is 0.185 e. The normalized spacial score (nSPS) is 20.1. The average molecular weight is 239 g/mol. The fraction of sp³-hybridized carbons (Fsp3) is 0.750. The summed E-state index contributed by atoms with van der Waals surface area (Å²) >= 11 is 1.76. The van der Waals surface area contributed by atoms with Gasteiger partial charge < -0.3 is 10.6 Å². The van der Waals surface area contributed by atoms with Crippen LogP contribution in [0.3, 0.4) is 0 Å². The molecule has 1 unspecified atom stereocenters. The summed E-state index contributed by atoms with van der Waals surface area (Å²) < 4.78 is 0. The minimum atomic E-state index is 0.205. The summed E-state index contributed by atoms with van der Waals surface area (Å²) in [7, 11) is 0. The van der Waals surface area contributed by atoms with Crippen molar-refractivity contribution in [1.82, 2.24) is 4.98 Å². The summed E-state index contributed by atoms with van der Waals surface area (Å²) in [6.45, 7) is 6.68. The van der Waals surface area contributed by atoms with Gasteiger partial charge in [0.2, 0.25) is 0 Å². The van der Waals surface area contributed by atoms with Gasteiger partial charge in [0.1, 0.15) is 0 Å². The number of hydrogen-bond donors (Lipinski definition) is 1. The zero-order valence-electron chi connectivity index (χ0n) is 10.1. The summed E-state index contributed by atoms with van der Waals surface area (Å²) in [6.07, 6.45) is 3.48. The molecular formula is C12H21N3S. The summed E-state index contributed by atoms with van der Waals surface area (Å²) in [5.41, 5.74) is 6.93. The van der Waals surface area contributed by atoms with Crippen LogP contribution in [-0.4, -0.2) is 24.1 Å². The van der Waals surface area contributed by atoms with Crippen molar-refractivity contribution in [1.29, 1.82) is 0 Å². The molecule has 0 aromatic carbocycles. The Kier molecular flexibility index (Phi) is 3.82. The molecule has 1 aromatic heterocycles. The number of rotatable bonds is 3. The van der Waals surface area contributed by atoms with E-state index >= 15 is 0 Å². The molecule has 0 amide bonds. The first kappa shape index (κ1) is 11.9. The Hall–Kier alpha value is -0.610. The van der Waals surface area contributed by atoms with E-state index in [9.17, 15) is 0 Å². The maximum Gasteiger partial charge on any atom is 0.185 e. The second-order valence-corrected chi connectivity index (χ2v) is 5.81. The monoisotopic (exact) mass is 239 g/mol. The Morgan fingerprint density at radius 3 is 2.88 bits per heavy atom. The van der Waals surface area contributed by atoms with Crippen LogP contribution in [0.5, 0.6) is 0 Å². The van der Waals surface area contributed by atoms with Crippen molar-refractivity contribution in [2.45, 2.75) is 39.2 Å². The van der Waals surface area contributed by atoms with Gasteiger partial charge in [-0.25, -0.2) is 4.98 Å². The van der Waals surface area contributed by atoms with Crippen molar-refractivity contribution >= 4 is 16.5 Å². The molecule has 0 spiro atoms. The molecule has 90 valence electrons. The lowest BCUT2D eigenvalue weighted by Crippen LogP contribution is -2.32. The van der Waals surface area contributed by atoms with Gasteiger partial charge in [-0.3, -0.25) is 0 Å². The highest BCUT2D eigenvalue weighted by Crippen LogP contribution is 2.26. The van der Waals surface area contributed by atoms with E-state index in [1.165, 1.54) is 18.0 Å². The Balaban J connectivity index is 1.96. The molecule has 2 heterocycles. The number of aromatic nitrogens is 1. The van der Waals surface area contributed by atoms with Crippen LogP contribution in [0.25, 0.3) is 0 Å². The minimum absolute atomic E-state index is 0.205. The molecule has 2 N–H and O–H groups in total. The fourth-order valence-electron chi connectivity index (χ4n) is 2.07. The fourth-order valence-corrected chi connectivity index (χ4v) is 2.96. The topological polar surface area (TPSA) is 42.1 Å². The second-order valence-electron chi connectivity index (χ2n) is 4.97. The zero-order chi connectivity index (χ0) is 11.5. The zero-order valence-corrected chi connectivity index (χ0v) is 11.0. The van der Waals surface area contributed by atoms with Crippen molar-refractivity contribution in [3.05, 3.63) is 11.1 Å². The van der Waals surface area contributed by atoms with Crippen molar-refractivity contribution in [3.63, 3.8) is 0 Å². The van der Waals surface area contributed by atoms with E-state index < -0.39 is 0 Å². The highest BCUT2D eigenvalue weighted by Gasteiger charge is 2.18. The molecule has 1 atom stereocenters. The first-order valence-electron chi connectivity index (χ1n) is 6.10.